The van der Waals surface area contributed by atoms with Gasteiger partial charge >= 0.3 is 0 Å². The van der Waals surface area contributed by atoms with E-state index in [0.29, 0.717) is 13.3 Å². The highest BCUT2D eigenvalue weighted by Gasteiger charge is 2.20. The minimum absolute atomic E-state index is 0.122. The van der Waals surface area contributed by atoms with Crippen molar-refractivity contribution in [1.82, 2.24) is 4.98 Å². The van der Waals surface area contributed by atoms with Crippen molar-refractivity contribution in [2.24, 2.45) is 0 Å². The van der Waals surface area contributed by atoms with Gasteiger partial charge in [0.05, 0.1) is 13.3 Å². The molecule has 0 saturated carbocycles. The fraction of sp³-hybridized carbons (Fsp3) is 0. The zero-order valence-electron chi connectivity index (χ0n) is 8.52. The lowest BCUT2D eigenvalue weighted by atomic mass is 10.5. The summed E-state index contributed by atoms with van der Waals surface area (Å²) in [6, 6.07) is 4.78. The van der Waals surface area contributed by atoms with Gasteiger partial charge in [-0.1, -0.05) is 11.6 Å². The first kappa shape index (κ1) is 14.3. The lowest BCUT2D eigenvalue weighted by molar-refractivity contribution is 0.603. The summed E-state index contributed by atoms with van der Waals surface area (Å²) in [5, 5.41) is 0.362. The van der Waals surface area contributed by atoms with Gasteiger partial charge in [0.1, 0.15) is 4.21 Å². The Morgan fingerprint density at radius 1 is 1.39 bits per heavy atom. The standard InChI is InChI=1S/C9H5Br2ClN2O2S2/c10-5-2-1-3-13-9(5)14-18(15,16)7-4-6(12)8(11)17-7/h1-4H,(H,13,14). The van der Waals surface area contributed by atoms with Gasteiger partial charge in [0.25, 0.3) is 10.0 Å². The maximum absolute atomic E-state index is 12.1. The molecular weight excluding hydrogens is 428 g/mol. The smallest absolute Gasteiger partial charge is 0.262 e. The van der Waals surface area contributed by atoms with Crippen LogP contribution in [0, 0.1) is 0 Å². The van der Waals surface area contributed by atoms with Crippen LogP contribution in [0.25, 0.3) is 0 Å². The van der Waals surface area contributed by atoms with Gasteiger partial charge in [-0.15, -0.1) is 11.3 Å². The third-order valence-electron chi connectivity index (χ3n) is 1.88. The molecule has 0 fully saturated rings. The van der Waals surface area contributed by atoms with Gasteiger partial charge in [-0.25, -0.2) is 13.4 Å². The third-order valence-corrected chi connectivity index (χ3v) is 6.80. The Kier molecular flexibility index (Phi) is 4.32. The quantitative estimate of drug-likeness (QED) is 0.794. The average Bonchev–Trinajstić information content (AvgIpc) is 2.63. The number of nitrogens with zero attached hydrogens (tertiary/aromatic N) is 1. The van der Waals surface area contributed by atoms with E-state index in [1.165, 1.54) is 12.3 Å². The minimum atomic E-state index is -3.68. The monoisotopic (exact) mass is 430 g/mol. The van der Waals surface area contributed by atoms with Crippen molar-refractivity contribution in [3.05, 3.63) is 37.7 Å². The van der Waals surface area contributed by atoms with Gasteiger partial charge in [0.2, 0.25) is 0 Å². The highest BCUT2D eigenvalue weighted by molar-refractivity contribution is 9.11. The first-order valence-corrected chi connectivity index (χ1v) is 8.74. The molecule has 0 bridgehead atoms. The van der Waals surface area contributed by atoms with Gasteiger partial charge in [-0.05, 0) is 50.1 Å². The molecule has 0 radical (unpaired) electrons. The van der Waals surface area contributed by atoms with E-state index >= 15 is 0 Å². The highest BCUT2D eigenvalue weighted by atomic mass is 79.9. The number of hydrogen-bond acceptors (Lipinski definition) is 4. The topological polar surface area (TPSA) is 59.1 Å². The van der Waals surface area contributed by atoms with Gasteiger partial charge in [0.15, 0.2) is 5.82 Å². The average molecular weight is 433 g/mol. The van der Waals surface area contributed by atoms with Crippen LogP contribution in [0.3, 0.4) is 0 Å². The van der Waals surface area contributed by atoms with E-state index in [0.717, 1.165) is 11.3 Å². The fourth-order valence-corrected chi connectivity index (χ4v) is 5.01. The van der Waals surface area contributed by atoms with Crippen LogP contribution in [0.15, 0.2) is 36.9 Å². The Hall–Kier alpha value is -0.150. The second-order valence-corrected chi connectivity index (χ2v) is 8.67. The van der Waals surface area contributed by atoms with E-state index in [-0.39, 0.29) is 10.0 Å². The first-order valence-electron chi connectivity index (χ1n) is 4.48. The van der Waals surface area contributed by atoms with Crippen LogP contribution >= 0.6 is 54.8 Å². The molecule has 2 aromatic rings. The lowest BCUT2D eigenvalue weighted by Crippen LogP contribution is -2.12. The van der Waals surface area contributed by atoms with E-state index in [9.17, 15) is 8.42 Å². The van der Waals surface area contributed by atoms with Crippen molar-refractivity contribution < 1.29 is 8.42 Å². The molecule has 0 saturated heterocycles. The normalized spacial score (nSPS) is 11.5. The Balaban J connectivity index is 2.36. The number of rotatable bonds is 3. The van der Waals surface area contributed by atoms with Crippen molar-refractivity contribution in [3.8, 4) is 0 Å². The summed E-state index contributed by atoms with van der Waals surface area (Å²) in [5.41, 5.74) is 0. The van der Waals surface area contributed by atoms with Crippen LogP contribution in [0.5, 0.6) is 0 Å². The number of aromatic nitrogens is 1. The van der Waals surface area contributed by atoms with E-state index in [1.807, 2.05) is 0 Å². The maximum atomic E-state index is 12.1. The predicted molar refractivity (Wildman–Crippen MR) is 79.8 cm³/mol. The first-order chi connectivity index (χ1) is 8.40. The molecule has 2 rings (SSSR count). The number of pyridine rings is 1. The van der Waals surface area contributed by atoms with E-state index in [1.54, 1.807) is 12.1 Å². The van der Waals surface area contributed by atoms with Gasteiger partial charge in [-0.3, -0.25) is 4.72 Å². The summed E-state index contributed by atoms with van der Waals surface area (Å²) >= 11 is 13.3. The molecular formula is C9H5Br2ClN2O2S2. The van der Waals surface area contributed by atoms with Gasteiger partial charge < -0.3 is 0 Å². The molecule has 0 spiro atoms. The Morgan fingerprint density at radius 2 is 2.11 bits per heavy atom. The van der Waals surface area contributed by atoms with Crippen LogP contribution in [-0.4, -0.2) is 13.4 Å². The molecule has 0 aliphatic carbocycles. The van der Waals surface area contributed by atoms with Gasteiger partial charge in [-0.2, -0.15) is 0 Å². The Labute approximate surface area is 130 Å². The number of anilines is 1. The van der Waals surface area contributed by atoms with Crippen LogP contribution in [0.4, 0.5) is 5.82 Å². The van der Waals surface area contributed by atoms with Crippen LogP contribution < -0.4 is 4.72 Å². The number of halogens is 3. The molecule has 0 amide bonds. The Morgan fingerprint density at radius 3 is 2.67 bits per heavy atom. The van der Waals surface area contributed by atoms with Crippen LogP contribution in [0.2, 0.25) is 5.02 Å². The number of sulfonamides is 1. The van der Waals surface area contributed by atoms with Crippen molar-refractivity contribution >= 4 is 70.6 Å². The summed E-state index contributed by atoms with van der Waals surface area (Å²) < 4.78 is 27.8. The second kappa shape index (κ2) is 5.46. The summed E-state index contributed by atoms with van der Waals surface area (Å²) in [5.74, 6) is 0.234. The second-order valence-electron chi connectivity index (χ2n) is 3.13. The summed E-state index contributed by atoms with van der Waals surface area (Å²) in [4.78, 5) is 3.94. The van der Waals surface area contributed by atoms with Crippen molar-refractivity contribution in [2.75, 3.05) is 4.72 Å². The molecule has 2 aromatic heterocycles. The molecule has 96 valence electrons. The molecule has 0 unspecified atom stereocenters. The molecule has 0 aliphatic heterocycles. The van der Waals surface area contributed by atoms with Crippen LogP contribution in [0.1, 0.15) is 0 Å². The van der Waals surface area contributed by atoms with E-state index in [4.69, 9.17) is 11.6 Å². The predicted octanol–water partition coefficient (Wildman–Crippen LogP) is 4.12. The fourth-order valence-electron chi connectivity index (χ4n) is 1.10. The lowest BCUT2D eigenvalue weighted by Gasteiger charge is -2.06. The zero-order valence-corrected chi connectivity index (χ0v) is 14.1. The molecule has 4 nitrogen and oxygen atoms in total. The molecule has 0 aromatic carbocycles. The summed E-state index contributed by atoms with van der Waals surface area (Å²) in [6.45, 7) is 0. The summed E-state index contributed by atoms with van der Waals surface area (Å²) in [6.07, 6.45) is 1.50. The molecule has 0 atom stereocenters. The third kappa shape index (κ3) is 3.05. The number of nitrogens with one attached hydrogen (secondary N) is 1. The largest absolute Gasteiger partial charge is 0.272 e. The molecule has 9 heteroatoms. The van der Waals surface area contributed by atoms with Crippen molar-refractivity contribution in [3.63, 3.8) is 0 Å². The molecule has 18 heavy (non-hydrogen) atoms. The minimum Gasteiger partial charge on any atom is -0.262 e. The van der Waals surface area contributed by atoms with Crippen molar-refractivity contribution in [1.29, 1.82) is 0 Å². The SMILES string of the molecule is O=S(=O)(Nc1ncccc1Br)c1cc(Cl)c(Br)s1. The summed E-state index contributed by atoms with van der Waals surface area (Å²) in [7, 11) is -3.68. The van der Waals surface area contributed by atoms with Gasteiger partial charge in [0, 0.05) is 6.20 Å². The van der Waals surface area contributed by atoms with Crippen LogP contribution in [-0.2, 0) is 10.0 Å². The van der Waals surface area contributed by atoms with Crippen molar-refractivity contribution in [2.45, 2.75) is 4.21 Å². The Bertz CT molecular complexity index is 668. The maximum Gasteiger partial charge on any atom is 0.272 e. The molecule has 2 heterocycles. The zero-order chi connectivity index (χ0) is 13.3. The number of hydrogen-bond donors (Lipinski definition) is 1. The van der Waals surface area contributed by atoms with E-state index in [2.05, 4.69) is 41.6 Å². The molecule has 0 aliphatic rings. The van der Waals surface area contributed by atoms with E-state index < -0.39 is 10.0 Å². The molecule has 1 N–H and O–H groups in total. The number of thiophene rings is 1. The highest BCUT2D eigenvalue weighted by Crippen LogP contribution is 2.35.